The van der Waals surface area contributed by atoms with Crippen LogP contribution >= 0.6 is 0 Å². The van der Waals surface area contributed by atoms with E-state index in [1.54, 1.807) is 0 Å². The SMILES string of the molecule is CC(=O)Nc1ccc(C2=Nc3cc(NC(=O)C4CCCCC4)ccc3[NH2+]2)cc1. The number of benzene rings is 2. The molecular weight excluding hydrogens is 352 g/mol. The molecule has 1 fully saturated rings. The lowest BCUT2D eigenvalue weighted by molar-refractivity contribution is -0.437. The van der Waals surface area contributed by atoms with Gasteiger partial charge in [0.25, 0.3) is 0 Å². The zero-order valence-corrected chi connectivity index (χ0v) is 16.0. The lowest BCUT2D eigenvalue weighted by Crippen LogP contribution is -2.80. The van der Waals surface area contributed by atoms with Crippen molar-refractivity contribution in [1.82, 2.24) is 0 Å². The number of fused-ring (bicyclic) bond motifs is 1. The molecule has 1 aliphatic heterocycles. The van der Waals surface area contributed by atoms with Crippen LogP contribution in [0.5, 0.6) is 0 Å². The molecule has 0 saturated heterocycles. The summed E-state index contributed by atoms with van der Waals surface area (Å²) in [5, 5.41) is 7.86. The van der Waals surface area contributed by atoms with Crippen LogP contribution in [0.1, 0.15) is 44.6 Å². The van der Waals surface area contributed by atoms with E-state index >= 15 is 0 Å². The molecule has 0 aromatic heterocycles. The van der Waals surface area contributed by atoms with Crippen LogP contribution in [0.25, 0.3) is 0 Å². The summed E-state index contributed by atoms with van der Waals surface area (Å²) in [6.07, 6.45) is 5.50. The Kier molecular flexibility index (Phi) is 5.21. The Hall–Kier alpha value is -2.99. The first-order valence-electron chi connectivity index (χ1n) is 9.85. The number of hydrogen-bond donors (Lipinski definition) is 3. The summed E-state index contributed by atoms with van der Waals surface area (Å²) in [5.74, 6) is 1.04. The van der Waals surface area contributed by atoms with Gasteiger partial charge in [-0.05, 0) is 49.2 Å². The lowest BCUT2D eigenvalue weighted by Gasteiger charge is -2.20. The number of amidine groups is 1. The fourth-order valence-corrected chi connectivity index (χ4v) is 3.83. The van der Waals surface area contributed by atoms with Gasteiger partial charge in [0.05, 0.1) is 5.56 Å². The average molecular weight is 377 g/mol. The molecule has 1 saturated carbocycles. The van der Waals surface area contributed by atoms with Gasteiger partial charge in [-0.1, -0.05) is 19.3 Å². The zero-order valence-electron chi connectivity index (χ0n) is 16.0. The molecule has 0 bridgehead atoms. The molecule has 0 atom stereocenters. The summed E-state index contributed by atoms with van der Waals surface area (Å²) in [7, 11) is 0. The highest BCUT2D eigenvalue weighted by atomic mass is 16.2. The van der Waals surface area contributed by atoms with E-state index < -0.39 is 0 Å². The molecule has 1 heterocycles. The van der Waals surface area contributed by atoms with Crippen LogP contribution in [-0.4, -0.2) is 17.6 Å². The molecule has 6 nitrogen and oxygen atoms in total. The van der Waals surface area contributed by atoms with Crippen molar-refractivity contribution < 1.29 is 14.9 Å². The fraction of sp³-hybridized carbons (Fsp3) is 0.318. The second-order valence-corrected chi connectivity index (χ2v) is 7.50. The molecule has 2 amide bonds. The summed E-state index contributed by atoms with van der Waals surface area (Å²) in [6, 6.07) is 13.5. The minimum Gasteiger partial charge on any atom is -0.326 e. The van der Waals surface area contributed by atoms with Crippen LogP contribution in [0.2, 0.25) is 0 Å². The first kappa shape index (κ1) is 18.4. The quantitative estimate of drug-likeness (QED) is 0.713. The van der Waals surface area contributed by atoms with Gasteiger partial charge in [-0.15, -0.1) is 0 Å². The summed E-state index contributed by atoms with van der Waals surface area (Å²) < 4.78 is 0. The van der Waals surface area contributed by atoms with Gasteiger partial charge in [-0.2, -0.15) is 4.99 Å². The normalized spacial score (nSPS) is 16.2. The third-order valence-corrected chi connectivity index (χ3v) is 5.31. The number of nitrogens with one attached hydrogen (secondary N) is 2. The third-order valence-electron chi connectivity index (χ3n) is 5.31. The number of nitrogens with zero attached hydrogens (tertiary/aromatic N) is 1. The van der Waals surface area contributed by atoms with Crippen LogP contribution < -0.4 is 16.0 Å². The van der Waals surface area contributed by atoms with E-state index in [0.29, 0.717) is 0 Å². The maximum absolute atomic E-state index is 12.5. The Morgan fingerprint density at radius 2 is 1.68 bits per heavy atom. The van der Waals surface area contributed by atoms with Crippen LogP contribution in [-0.2, 0) is 9.59 Å². The number of nitrogens with two attached hydrogens (primary N) is 1. The van der Waals surface area contributed by atoms with Crippen LogP contribution in [0.4, 0.5) is 22.7 Å². The van der Waals surface area contributed by atoms with Gasteiger partial charge in [-0.25, -0.2) is 0 Å². The number of rotatable bonds is 4. The number of aliphatic imine (C=N–C) groups is 1. The van der Waals surface area contributed by atoms with Gasteiger partial charge < -0.3 is 10.6 Å². The molecular formula is C22H25N4O2+. The molecule has 144 valence electrons. The molecule has 0 spiro atoms. The summed E-state index contributed by atoms with van der Waals surface area (Å²) >= 11 is 0. The van der Waals surface area contributed by atoms with E-state index in [-0.39, 0.29) is 17.7 Å². The van der Waals surface area contributed by atoms with E-state index in [2.05, 4.69) is 10.6 Å². The molecule has 2 aromatic rings. The highest BCUT2D eigenvalue weighted by Gasteiger charge is 2.24. The molecule has 4 rings (SSSR count). The zero-order chi connectivity index (χ0) is 19.5. The van der Waals surface area contributed by atoms with Crippen molar-refractivity contribution >= 4 is 40.4 Å². The van der Waals surface area contributed by atoms with Gasteiger partial charge in [0.1, 0.15) is 5.69 Å². The standard InChI is InChI=1S/C22H24N4O2/c1-14(27)23-17-9-7-15(8-10-17)21-25-19-12-11-18(13-20(19)26-21)24-22(28)16-5-3-2-4-6-16/h7-13,16H,2-6H2,1H3,(H,23,27)(H,24,28)(H,25,26)/p+1. The molecule has 4 N–H and O–H groups in total. The van der Waals surface area contributed by atoms with Crippen molar-refractivity contribution in [2.24, 2.45) is 10.9 Å². The van der Waals surface area contributed by atoms with Crippen LogP contribution in [0.15, 0.2) is 47.5 Å². The summed E-state index contributed by atoms with van der Waals surface area (Å²) in [5.41, 5.74) is 4.45. The molecule has 0 unspecified atom stereocenters. The highest BCUT2D eigenvalue weighted by molar-refractivity contribution is 6.00. The number of quaternary nitrogens is 1. The number of carbonyl (C=O) groups is 2. The molecule has 2 aromatic carbocycles. The smallest absolute Gasteiger partial charge is 0.237 e. The van der Waals surface area contributed by atoms with Crippen molar-refractivity contribution in [3.05, 3.63) is 48.0 Å². The van der Waals surface area contributed by atoms with Crippen molar-refractivity contribution in [2.75, 3.05) is 10.6 Å². The Balaban J connectivity index is 1.46. The highest BCUT2D eigenvalue weighted by Crippen LogP contribution is 2.30. The molecule has 0 radical (unpaired) electrons. The first-order chi connectivity index (χ1) is 13.6. The van der Waals surface area contributed by atoms with Crippen molar-refractivity contribution in [3.63, 3.8) is 0 Å². The Bertz CT molecular complexity index is 928. The summed E-state index contributed by atoms with van der Waals surface area (Å²) in [4.78, 5) is 28.3. The second kappa shape index (κ2) is 7.94. The monoisotopic (exact) mass is 377 g/mol. The number of hydrogen-bond acceptors (Lipinski definition) is 3. The maximum atomic E-state index is 12.5. The second-order valence-electron chi connectivity index (χ2n) is 7.50. The van der Waals surface area contributed by atoms with E-state index in [4.69, 9.17) is 4.99 Å². The van der Waals surface area contributed by atoms with Gasteiger partial charge in [0, 0.05) is 30.3 Å². The number of amides is 2. The van der Waals surface area contributed by atoms with Gasteiger partial charge in [0.2, 0.25) is 17.6 Å². The number of anilines is 2. The molecule has 28 heavy (non-hydrogen) atoms. The molecule has 2 aliphatic rings. The van der Waals surface area contributed by atoms with E-state index in [9.17, 15) is 9.59 Å². The lowest BCUT2D eigenvalue weighted by atomic mass is 9.88. The minimum absolute atomic E-state index is 0.0901. The first-order valence-corrected chi connectivity index (χ1v) is 9.85. The van der Waals surface area contributed by atoms with Gasteiger partial charge in [-0.3, -0.25) is 14.9 Å². The van der Waals surface area contributed by atoms with Gasteiger partial charge >= 0.3 is 0 Å². The topological polar surface area (TPSA) is 87.2 Å². The fourth-order valence-electron chi connectivity index (χ4n) is 3.83. The van der Waals surface area contributed by atoms with E-state index in [0.717, 1.165) is 59.8 Å². The third kappa shape index (κ3) is 4.12. The van der Waals surface area contributed by atoms with E-state index in [1.165, 1.54) is 13.3 Å². The predicted molar refractivity (Wildman–Crippen MR) is 110 cm³/mol. The minimum atomic E-state index is -0.0901. The maximum Gasteiger partial charge on any atom is 0.237 e. The van der Waals surface area contributed by atoms with Gasteiger partial charge in [0.15, 0.2) is 5.69 Å². The van der Waals surface area contributed by atoms with Crippen molar-refractivity contribution in [3.8, 4) is 0 Å². The largest absolute Gasteiger partial charge is 0.326 e. The Labute approximate surface area is 164 Å². The molecule has 6 heteroatoms. The molecule has 1 aliphatic carbocycles. The van der Waals surface area contributed by atoms with Crippen LogP contribution in [0.3, 0.4) is 0 Å². The van der Waals surface area contributed by atoms with Crippen LogP contribution in [0, 0.1) is 5.92 Å². The Morgan fingerprint density at radius 1 is 0.964 bits per heavy atom. The predicted octanol–water partition coefficient (Wildman–Crippen LogP) is 3.45. The summed E-state index contributed by atoms with van der Waals surface area (Å²) in [6.45, 7) is 1.49. The van der Waals surface area contributed by atoms with E-state index in [1.807, 2.05) is 47.8 Å². The Morgan fingerprint density at radius 3 is 2.39 bits per heavy atom. The van der Waals surface area contributed by atoms with Crippen molar-refractivity contribution in [2.45, 2.75) is 39.0 Å². The average Bonchev–Trinajstić information content (AvgIpc) is 3.12. The number of carbonyl (C=O) groups excluding carboxylic acids is 2. The van der Waals surface area contributed by atoms with Crippen molar-refractivity contribution in [1.29, 1.82) is 0 Å².